The maximum absolute atomic E-state index is 6.09. The van der Waals surface area contributed by atoms with E-state index in [1.165, 1.54) is 0 Å². The first-order chi connectivity index (χ1) is 10.7. The molecule has 128 valence electrons. The summed E-state index contributed by atoms with van der Waals surface area (Å²) in [6.07, 6.45) is 0. The quantitative estimate of drug-likeness (QED) is 0.390. The van der Waals surface area contributed by atoms with Gasteiger partial charge < -0.3 is 10.1 Å². The molecule has 2 heterocycles. The Morgan fingerprint density at radius 3 is 2.70 bits per heavy atom. The van der Waals surface area contributed by atoms with Gasteiger partial charge in [-0.2, -0.15) is 5.10 Å². The third kappa shape index (κ3) is 5.17. The topological polar surface area (TPSA) is 52.0 Å². The number of hydrogen-bond donors (Lipinski definition) is 1. The van der Waals surface area contributed by atoms with E-state index in [4.69, 9.17) is 16.3 Å². The highest BCUT2D eigenvalue weighted by Crippen LogP contribution is 2.30. The first-order valence-corrected chi connectivity index (χ1v) is 12.6. The van der Waals surface area contributed by atoms with Gasteiger partial charge in [-0.25, -0.2) is 9.67 Å². The van der Waals surface area contributed by atoms with Crippen LogP contribution in [0.2, 0.25) is 30.8 Å². The van der Waals surface area contributed by atoms with E-state index < -0.39 is 8.07 Å². The molecule has 0 aromatic carbocycles. The Bertz CT molecular complexity index is 684. The fourth-order valence-corrected chi connectivity index (χ4v) is 3.79. The molecule has 0 bridgehead atoms. The van der Waals surface area contributed by atoms with Crippen molar-refractivity contribution in [1.29, 1.82) is 0 Å². The molecule has 0 unspecified atom stereocenters. The zero-order chi connectivity index (χ0) is 17.2. The van der Waals surface area contributed by atoms with Crippen LogP contribution in [-0.4, -0.2) is 35.5 Å². The molecular formula is C15H24BrClN4OSi. The van der Waals surface area contributed by atoms with Gasteiger partial charge in [-0.05, 0) is 41.9 Å². The average Bonchev–Trinajstić information content (AvgIpc) is 2.71. The van der Waals surface area contributed by atoms with Gasteiger partial charge in [-0.1, -0.05) is 31.2 Å². The highest BCUT2D eigenvalue weighted by molar-refractivity contribution is 9.10. The summed E-state index contributed by atoms with van der Waals surface area (Å²) < 4.78 is 8.53. The minimum Gasteiger partial charge on any atom is -0.365 e. The number of nitrogens with zero attached hydrogens (tertiary/aromatic N) is 3. The SMILES string of the molecule is CC(C)Nc1nn(COCC[Si](C)(C)C)c2c(Br)cc(Cl)nc12. The van der Waals surface area contributed by atoms with Crippen LogP contribution in [0.3, 0.4) is 0 Å². The second-order valence-corrected chi connectivity index (χ2v) is 14.0. The van der Waals surface area contributed by atoms with Crippen molar-refractivity contribution in [2.45, 2.75) is 52.3 Å². The normalized spacial score (nSPS) is 12.3. The Balaban J connectivity index is 2.25. The van der Waals surface area contributed by atoms with E-state index in [1.807, 2.05) is 4.68 Å². The molecule has 8 heteroatoms. The molecule has 0 amide bonds. The zero-order valence-electron chi connectivity index (χ0n) is 14.3. The molecule has 2 rings (SSSR count). The molecule has 0 atom stereocenters. The molecule has 0 spiro atoms. The number of halogens is 2. The fraction of sp³-hybridized carbons (Fsp3) is 0.600. The summed E-state index contributed by atoms with van der Waals surface area (Å²) in [5.41, 5.74) is 1.65. The van der Waals surface area contributed by atoms with Crippen LogP contribution in [0.5, 0.6) is 0 Å². The van der Waals surface area contributed by atoms with E-state index in [1.54, 1.807) is 6.07 Å². The lowest BCUT2D eigenvalue weighted by atomic mass is 10.3. The van der Waals surface area contributed by atoms with Gasteiger partial charge in [-0.3, -0.25) is 0 Å². The molecule has 0 aliphatic heterocycles. The Morgan fingerprint density at radius 2 is 2.09 bits per heavy atom. The Hall–Kier alpha value is -0.633. The van der Waals surface area contributed by atoms with Crippen LogP contribution in [0.4, 0.5) is 5.82 Å². The van der Waals surface area contributed by atoms with Crippen molar-refractivity contribution in [2.75, 3.05) is 11.9 Å². The molecule has 0 fully saturated rings. The largest absolute Gasteiger partial charge is 0.365 e. The number of fused-ring (bicyclic) bond motifs is 1. The van der Waals surface area contributed by atoms with Crippen LogP contribution in [0.1, 0.15) is 13.8 Å². The van der Waals surface area contributed by atoms with Crippen molar-refractivity contribution in [2.24, 2.45) is 0 Å². The van der Waals surface area contributed by atoms with Crippen LogP contribution in [0.15, 0.2) is 10.5 Å². The number of ether oxygens (including phenoxy) is 1. The molecule has 0 saturated carbocycles. The second kappa shape index (κ2) is 7.50. The van der Waals surface area contributed by atoms with Crippen molar-refractivity contribution in [3.63, 3.8) is 0 Å². The minimum atomic E-state index is -1.09. The van der Waals surface area contributed by atoms with E-state index in [0.717, 1.165) is 34.0 Å². The van der Waals surface area contributed by atoms with Crippen LogP contribution in [0, 0.1) is 0 Å². The van der Waals surface area contributed by atoms with E-state index in [2.05, 4.69) is 64.8 Å². The Labute approximate surface area is 151 Å². The second-order valence-electron chi connectivity index (χ2n) is 7.12. The minimum absolute atomic E-state index is 0.258. The molecule has 0 radical (unpaired) electrons. The molecule has 0 saturated heterocycles. The molecular weight excluding hydrogens is 396 g/mol. The van der Waals surface area contributed by atoms with Crippen LogP contribution < -0.4 is 5.32 Å². The smallest absolute Gasteiger partial charge is 0.175 e. The monoisotopic (exact) mass is 418 g/mol. The van der Waals surface area contributed by atoms with Crippen LogP contribution in [0.25, 0.3) is 11.0 Å². The summed E-state index contributed by atoms with van der Waals surface area (Å²) >= 11 is 9.64. The summed E-state index contributed by atoms with van der Waals surface area (Å²) in [6, 6.07) is 3.17. The maximum atomic E-state index is 6.09. The highest BCUT2D eigenvalue weighted by atomic mass is 79.9. The van der Waals surface area contributed by atoms with Gasteiger partial charge in [0.2, 0.25) is 0 Å². The van der Waals surface area contributed by atoms with Crippen molar-refractivity contribution >= 4 is 52.5 Å². The highest BCUT2D eigenvalue weighted by Gasteiger charge is 2.17. The predicted molar refractivity (Wildman–Crippen MR) is 103 cm³/mol. The van der Waals surface area contributed by atoms with E-state index in [-0.39, 0.29) is 6.04 Å². The van der Waals surface area contributed by atoms with Gasteiger partial charge in [-0.15, -0.1) is 0 Å². The van der Waals surface area contributed by atoms with E-state index in [9.17, 15) is 0 Å². The third-order valence-electron chi connectivity index (χ3n) is 3.25. The first kappa shape index (κ1) is 18.7. The molecule has 0 aliphatic carbocycles. The first-order valence-electron chi connectivity index (χ1n) is 7.74. The lowest BCUT2D eigenvalue weighted by molar-refractivity contribution is 0.0818. The van der Waals surface area contributed by atoms with E-state index in [0.29, 0.717) is 11.9 Å². The number of aromatic nitrogens is 3. The van der Waals surface area contributed by atoms with Crippen LogP contribution >= 0.6 is 27.5 Å². The molecule has 5 nitrogen and oxygen atoms in total. The molecule has 2 aromatic heterocycles. The standard InChI is InChI=1S/C15H24BrClN4OSi/c1-10(2)18-15-13-14(11(16)8-12(17)19-13)21(20-15)9-22-6-7-23(3,4)5/h8,10H,6-7,9H2,1-5H3,(H,18,20). The molecule has 2 aromatic rings. The van der Waals surface area contributed by atoms with Crippen molar-refractivity contribution in [3.05, 3.63) is 15.7 Å². The number of rotatable bonds is 7. The maximum Gasteiger partial charge on any atom is 0.175 e. The lowest BCUT2D eigenvalue weighted by Crippen LogP contribution is -2.22. The Kier molecular flexibility index (Phi) is 6.10. The summed E-state index contributed by atoms with van der Waals surface area (Å²) in [4.78, 5) is 4.42. The van der Waals surface area contributed by atoms with Gasteiger partial charge in [0.1, 0.15) is 22.9 Å². The van der Waals surface area contributed by atoms with Crippen molar-refractivity contribution in [3.8, 4) is 0 Å². The van der Waals surface area contributed by atoms with Crippen molar-refractivity contribution in [1.82, 2.24) is 14.8 Å². The molecule has 0 aliphatic rings. The summed E-state index contributed by atoms with van der Waals surface area (Å²) in [5, 5.41) is 8.36. The number of pyridine rings is 1. The number of nitrogens with one attached hydrogen (secondary N) is 1. The van der Waals surface area contributed by atoms with E-state index >= 15 is 0 Å². The lowest BCUT2D eigenvalue weighted by Gasteiger charge is -2.15. The van der Waals surface area contributed by atoms with Gasteiger partial charge in [0.15, 0.2) is 5.82 Å². The third-order valence-corrected chi connectivity index (χ3v) is 5.76. The number of anilines is 1. The van der Waals surface area contributed by atoms with Crippen molar-refractivity contribution < 1.29 is 4.74 Å². The van der Waals surface area contributed by atoms with Gasteiger partial charge in [0.05, 0.1) is 0 Å². The van der Waals surface area contributed by atoms with Gasteiger partial charge in [0.25, 0.3) is 0 Å². The summed E-state index contributed by atoms with van der Waals surface area (Å²) in [7, 11) is -1.09. The molecule has 1 N–H and O–H groups in total. The number of hydrogen-bond acceptors (Lipinski definition) is 4. The Morgan fingerprint density at radius 1 is 1.39 bits per heavy atom. The average molecular weight is 420 g/mol. The summed E-state index contributed by atoms with van der Waals surface area (Å²) in [6.45, 7) is 12.3. The van der Waals surface area contributed by atoms with Gasteiger partial charge >= 0.3 is 0 Å². The fourth-order valence-electron chi connectivity index (χ4n) is 2.10. The van der Waals surface area contributed by atoms with Crippen LogP contribution in [-0.2, 0) is 11.5 Å². The summed E-state index contributed by atoms with van der Waals surface area (Å²) in [5.74, 6) is 0.729. The van der Waals surface area contributed by atoms with Gasteiger partial charge in [0, 0.05) is 25.2 Å². The predicted octanol–water partition coefficient (Wildman–Crippen LogP) is 4.98. The zero-order valence-corrected chi connectivity index (χ0v) is 17.6. The molecule has 23 heavy (non-hydrogen) atoms.